The Morgan fingerprint density at radius 1 is 0.895 bits per heavy atom. The summed E-state index contributed by atoms with van der Waals surface area (Å²) in [4.78, 5) is 50.2. The van der Waals surface area contributed by atoms with Gasteiger partial charge in [0.15, 0.2) is 5.82 Å². The molecule has 1 aromatic rings. The lowest BCUT2D eigenvalue weighted by Gasteiger charge is -2.40. The van der Waals surface area contributed by atoms with E-state index in [4.69, 9.17) is 18.9 Å². The summed E-state index contributed by atoms with van der Waals surface area (Å²) in [7, 11) is 0. The molecule has 2 amide bonds. The Bertz CT molecular complexity index is 1050. The van der Waals surface area contributed by atoms with Crippen molar-refractivity contribution < 1.29 is 33.3 Å². The van der Waals surface area contributed by atoms with E-state index in [0.29, 0.717) is 0 Å². The summed E-state index contributed by atoms with van der Waals surface area (Å²) >= 11 is 0. The molecule has 0 spiro atoms. The summed E-state index contributed by atoms with van der Waals surface area (Å²) in [6, 6.07) is 3.45. The largest absolute Gasteiger partial charge is 0.509 e. The quantitative estimate of drug-likeness (QED) is 0.348. The molecule has 0 aromatic carbocycles. The molecule has 1 aliphatic heterocycles. The van der Waals surface area contributed by atoms with Crippen molar-refractivity contribution in [2.45, 2.75) is 92.1 Å². The minimum absolute atomic E-state index is 0.0797. The molecule has 0 saturated carbocycles. The molecule has 2 heterocycles. The van der Waals surface area contributed by atoms with Gasteiger partial charge in [0.25, 0.3) is 0 Å². The molecule has 0 bridgehead atoms. The molecule has 0 aliphatic carbocycles. The highest BCUT2D eigenvalue weighted by molar-refractivity contribution is 6.03. The van der Waals surface area contributed by atoms with Gasteiger partial charge in [0.1, 0.15) is 22.9 Å². The van der Waals surface area contributed by atoms with Crippen LogP contribution in [0.2, 0.25) is 0 Å². The van der Waals surface area contributed by atoms with Crippen LogP contribution in [0.1, 0.15) is 74.8 Å². The summed E-state index contributed by atoms with van der Waals surface area (Å²) in [6.45, 7) is 20.9. The summed E-state index contributed by atoms with van der Waals surface area (Å²) < 4.78 is 21.9. The highest BCUT2D eigenvalue weighted by Crippen LogP contribution is 2.24. The van der Waals surface area contributed by atoms with Crippen molar-refractivity contribution in [3.63, 3.8) is 0 Å². The molecule has 210 valence electrons. The van der Waals surface area contributed by atoms with Crippen molar-refractivity contribution in [1.29, 1.82) is 0 Å². The van der Waals surface area contributed by atoms with Crippen LogP contribution in [-0.2, 0) is 18.9 Å². The second-order valence-electron chi connectivity index (χ2n) is 12.0. The number of pyridine rings is 1. The number of amides is 2. The van der Waals surface area contributed by atoms with Gasteiger partial charge >= 0.3 is 18.3 Å². The Labute approximate surface area is 224 Å². The number of aliphatic imine (C=N–C) groups is 1. The Morgan fingerprint density at radius 2 is 1.37 bits per heavy atom. The predicted molar refractivity (Wildman–Crippen MR) is 143 cm³/mol. The maximum absolute atomic E-state index is 13.3. The molecule has 11 heteroatoms. The molecule has 1 fully saturated rings. The van der Waals surface area contributed by atoms with Gasteiger partial charge in [-0.2, -0.15) is 4.99 Å². The molecule has 1 aliphatic rings. The minimum Gasteiger partial charge on any atom is -0.443 e. The number of aromatic nitrogens is 1. The number of carbonyl (C=O) groups is 3. The topological polar surface area (TPSA) is 120 Å². The first-order chi connectivity index (χ1) is 17.2. The molecule has 1 aromatic heterocycles. The number of ether oxygens (including phenoxy) is 4. The maximum Gasteiger partial charge on any atom is 0.509 e. The van der Waals surface area contributed by atoms with E-state index < -0.39 is 41.2 Å². The van der Waals surface area contributed by atoms with Gasteiger partial charge < -0.3 is 18.9 Å². The SMILES string of the molecule is C=C(C)c1ccnc(N=C2N(C(=O)OC(C)(C)C)CC(OC(=O)OC(C)(C)C)CN2C(=O)OC(C)(C)C)c1. The normalized spacial score (nSPS) is 16.5. The molecular weight excluding hydrogens is 492 g/mol. The standard InChI is InChI=1S/C27H40N4O7/c1-17(2)18-12-13-28-20(14-18)29-21-30(22(32)36-25(3,4)5)15-19(35-24(34)38-27(9,10)11)16-31(21)23(33)37-26(6,7)8/h12-14,19H,1,15-16H2,2-11H3. The zero-order chi connectivity index (χ0) is 29.1. The highest BCUT2D eigenvalue weighted by atomic mass is 16.7. The van der Waals surface area contributed by atoms with E-state index in [9.17, 15) is 14.4 Å². The Balaban J connectivity index is 2.59. The van der Waals surface area contributed by atoms with Crippen molar-refractivity contribution in [2.75, 3.05) is 13.1 Å². The number of rotatable bonds is 3. The van der Waals surface area contributed by atoms with Gasteiger partial charge in [0, 0.05) is 6.20 Å². The number of allylic oxidation sites excluding steroid dienone is 1. The summed E-state index contributed by atoms with van der Waals surface area (Å²) in [5, 5.41) is 0. The lowest BCUT2D eigenvalue weighted by Crippen LogP contribution is -2.61. The van der Waals surface area contributed by atoms with Crippen LogP contribution in [0.3, 0.4) is 0 Å². The molecule has 38 heavy (non-hydrogen) atoms. The molecule has 1 saturated heterocycles. The maximum atomic E-state index is 13.3. The average Bonchev–Trinajstić information content (AvgIpc) is 2.70. The fourth-order valence-corrected chi connectivity index (χ4v) is 3.17. The molecule has 0 unspecified atom stereocenters. The summed E-state index contributed by atoms with van der Waals surface area (Å²) in [5.74, 6) is 0.151. The Morgan fingerprint density at radius 3 is 1.79 bits per heavy atom. The molecule has 0 radical (unpaired) electrons. The molecule has 2 rings (SSSR count). The average molecular weight is 533 g/mol. The first-order valence-electron chi connectivity index (χ1n) is 12.4. The van der Waals surface area contributed by atoms with E-state index in [1.165, 1.54) is 0 Å². The summed E-state index contributed by atoms with van der Waals surface area (Å²) in [6.07, 6.45) is -1.93. The number of hydrogen-bond donors (Lipinski definition) is 0. The lowest BCUT2D eigenvalue weighted by molar-refractivity contribution is -0.0451. The number of hydrogen-bond acceptors (Lipinski definition) is 9. The van der Waals surface area contributed by atoms with Crippen LogP contribution in [0.5, 0.6) is 0 Å². The second kappa shape index (κ2) is 11.4. The van der Waals surface area contributed by atoms with Crippen LogP contribution < -0.4 is 0 Å². The summed E-state index contributed by atoms with van der Waals surface area (Å²) in [5.41, 5.74) is -0.926. The van der Waals surface area contributed by atoms with E-state index in [2.05, 4.69) is 16.6 Å². The van der Waals surface area contributed by atoms with Crippen molar-refractivity contribution in [3.8, 4) is 0 Å². The van der Waals surface area contributed by atoms with Gasteiger partial charge in [0.2, 0.25) is 5.96 Å². The van der Waals surface area contributed by atoms with E-state index in [1.807, 2.05) is 6.92 Å². The molecule has 0 N–H and O–H groups in total. The van der Waals surface area contributed by atoms with Gasteiger partial charge in [-0.05, 0) is 86.9 Å². The van der Waals surface area contributed by atoms with Crippen LogP contribution >= 0.6 is 0 Å². The van der Waals surface area contributed by atoms with Gasteiger partial charge in [-0.25, -0.2) is 29.2 Å². The van der Waals surface area contributed by atoms with Crippen molar-refractivity contribution in [2.24, 2.45) is 4.99 Å². The van der Waals surface area contributed by atoms with Crippen molar-refractivity contribution in [1.82, 2.24) is 14.8 Å². The monoisotopic (exact) mass is 532 g/mol. The lowest BCUT2D eigenvalue weighted by atomic mass is 10.1. The third kappa shape index (κ3) is 9.68. The third-order valence-electron chi connectivity index (χ3n) is 4.59. The van der Waals surface area contributed by atoms with Gasteiger partial charge in [-0.3, -0.25) is 0 Å². The molecule has 11 nitrogen and oxygen atoms in total. The second-order valence-corrected chi connectivity index (χ2v) is 12.0. The zero-order valence-electron chi connectivity index (χ0n) is 24.1. The fraction of sp³-hybridized carbons (Fsp3) is 0.593. The van der Waals surface area contributed by atoms with Crippen LogP contribution in [0.25, 0.3) is 5.57 Å². The first kappa shape index (κ1) is 30.6. The van der Waals surface area contributed by atoms with Crippen LogP contribution in [0, 0.1) is 0 Å². The van der Waals surface area contributed by atoms with Crippen LogP contribution in [-0.4, -0.2) is 75.1 Å². The van der Waals surface area contributed by atoms with Crippen LogP contribution in [0.15, 0.2) is 29.9 Å². The number of carbonyl (C=O) groups excluding carboxylic acids is 3. The number of guanidine groups is 1. The van der Waals surface area contributed by atoms with E-state index in [0.717, 1.165) is 20.9 Å². The zero-order valence-corrected chi connectivity index (χ0v) is 24.1. The van der Waals surface area contributed by atoms with Gasteiger partial charge in [-0.1, -0.05) is 12.2 Å². The van der Waals surface area contributed by atoms with Crippen LogP contribution in [0.4, 0.5) is 20.2 Å². The fourth-order valence-electron chi connectivity index (χ4n) is 3.17. The van der Waals surface area contributed by atoms with E-state index in [1.54, 1.807) is 80.6 Å². The van der Waals surface area contributed by atoms with Crippen molar-refractivity contribution in [3.05, 3.63) is 30.5 Å². The van der Waals surface area contributed by atoms with Crippen molar-refractivity contribution >= 4 is 35.7 Å². The predicted octanol–water partition coefficient (Wildman–Crippen LogP) is 5.91. The minimum atomic E-state index is -0.960. The third-order valence-corrected chi connectivity index (χ3v) is 4.59. The smallest absolute Gasteiger partial charge is 0.443 e. The van der Waals surface area contributed by atoms with Gasteiger partial charge in [0.05, 0.1) is 13.1 Å². The number of nitrogens with zero attached hydrogens (tertiary/aromatic N) is 4. The highest BCUT2D eigenvalue weighted by Gasteiger charge is 2.42. The van der Waals surface area contributed by atoms with E-state index in [-0.39, 0.29) is 24.9 Å². The Kier molecular flexibility index (Phi) is 9.18. The van der Waals surface area contributed by atoms with Gasteiger partial charge in [-0.15, -0.1) is 0 Å². The molecule has 0 atom stereocenters. The molecular formula is C27H40N4O7. The Hall–Kier alpha value is -3.63. The van der Waals surface area contributed by atoms with E-state index >= 15 is 0 Å². The first-order valence-corrected chi connectivity index (χ1v) is 12.4.